The van der Waals surface area contributed by atoms with Crippen molar-refractivity contribution in [2.24, 2.45) is 5.41 Å². The molecule has 0 aliphatic heterocycles. The number of carbonyl (C=O) groups is 1. The van der Waals surface area contributed by atoms with Gasteiger partial charge in [-0.05, 0) is 42.7 Å². The lowest BCUT2D eigenvalue weighted by atomic mass is 10.0. The summed E-state index contributed by atoms with van der Waals surface area (Å²) in [6.45, 7) is 3.09. The van der Waals surface area contributed by atoms with Crippen LogP contribution in [0.25, 0.3) is 10.9 Å². The van der Waals surface area contributed by atoms with Gasteiger partial charge in [0, 0.05) is 30.1 Å². The standard InChI is InChI=1S/C18H24N2O/c1-2-9-18(10-11-18)13-20-17(21)8-7-14-12-19-16-6-4-3-5-15(14)16/h3-6,12,19H,2,7-11,13H2,1H3,(H,20,21). The number of para-hydroxylation sites is 1. The molecule has 1 fully saturated rings. The van der Waals surface area contributed by atoms with E-state index in [1.165, 1.54) is 36.6 Å². The third kappa shape index (κ3) is 3.29. The van der Waals surface area contributed by atoms with Crippen molar-refractivity contribution in [2.45, 2.75) is 45.4 Å². The number of hydrogen-bond donors (Lipinski definition) is 2. The molecule has 2 N–H and O–H groups in total. The first-order valence-corrected chi connectivity index (χ1v) is 8.04. The number of carbonyl (C=O) groups excluding carboxylic acids is 1. The van der Waals surface area contributed by atoms with Gasteiger partial charge in [-0.2, -0.15) is 0 Å². The van der Waals surface area contributed by atoms with Gasteiger partial charge in [0.2, 0.25) is 5.91 Å². The Morgan fingerprint density at radius 3 is 2.90 bits per heavy atom. The molecule has 0 spiro atoms. The molecular weight excluding hydrogens is 260 g/mol. The summed E-state index contributed by atoms with van der Waals surface area (Å²) >= 11 is 0. The van der Waals surface area contributed by atoms with Crippen molar-refractivity contribution in [1.82, 2.24) is 10.3 Å². The van der Waals surface area contributed by atoms with Gasteiger partial charge in [-0.25, -0.2) is 0 Å². The van der Waals surface area contributed by atoms with Crippen LogP contribution < -0.4 is 5.32 Å². The van der Waals surface area contributed by atoms with Crippen LogP contribution in [0.2, 0.25) is 0 Å². The van der Waals surface area contributed by atoms with Gasteiger partial charge < -0.3 is 10.3 Å². The number of rotatable bonds is 7. The highest BCUT2D eigenvalue weighted by Crippen LogP contribution is 2.48. The van der Waals surface area contributed by atoms with Gasteiger partial charge in [0.15, 0.2) is 0 Å². The number of benzene rings is 1. The zero-order chi connectivity index (χ0) is 14.7. The summed E-state index contributed by atoms with van der Waals surface area (Å²) in [4.78, 5) is 15.3. The highest BCUT2D eigenvalue weighted by Gasteiger charge is 2.41. The third-order valence-corrected chi connectivity index (χ3v) is 4.69. The lowest BCUT2D eigenvalue weighted by Crippen LogP contribution is -2.30. The molecule has 112 valence electrons. The number of aromatic amines is 1. The van der Waals surface area contributed by atoms with Gasteiger partial charge in [-0.3, -0.25) is 4.79 Å². The molecule has 3 nitrogen and oxygen atoms in total. The fraction of sp³-hybridized carbons (Fsp3) is 0.500. The number of amides is 1. The average Bonchev–Trinajstić information content (AvgIpc) is 3.14. The van der Waals surface area contributed by atoms with Crippen LogP contribution in [-0.4, -0.2) is 17.4 Å². The first-order chi connectivity index (χ1) is 10.2. The van der Waals surface area contributed by atoms with Crippen molar-refractivity contribution in [3.8, 4) is 0 Å². The molecular formula is C18H24N2O. The second-order valence-electron chi connectivity index (χ2n) is 6.39. The second-order valence-corrected chi connectivity index (χ2v) is 6.39. The van der Waals surface area contributed by atoms with Crippen LogP contribution in [0.15, 0.2) is 30.5 Å². The fourth-order valence-corrected chi connectivity index (χ4v) is 3.18. The molecule has 0 bridgehead atoms. The Kier molecular flexibility index (Phi) is 4.00. The van der Waals surface area contributed by atoms with Crippen LogP contribution in [0.4, 0.5) is 0 Å². The molecule has 1 aromatic heterocycles. The Morgan fingerprint density at radius 2 is 2.14 bits per heavy atom. The summed E-state index contributed by atoms with van der Waals surface area (Å²) in [7, 11) is 0. The molecule has 3 heteroatoms. The van der Waals surface area contributed by atoms with Gasteiger partial charge in [-0.1, -0.05) is 31.5 Å². The van der Waals surface area contributed by atoms with Gasteiger partial charge in [0.05, 0.1) is 0 Å². The van der Waals surface area contributed by atoms with E-state index < -0.39 is 0 Å². The molecule has 0 radical (unpaired) electrons. The second kappa shape index (κ2) is 5.92. The largest absolute Gasteiger partial charge is 0.361 e. The van der Waals surface area contributed by atoms with Crippen LogP contribution in [0.5, 0.6) is 0 Å². The van der Waals surface area contributed by atoms with E-state index in [4.69, 9.17) is 0 Å². The molecule has 0 atom stereocenters. The number of fused-ring (bicyclic) bond motifs is 1. The Bertz CT molecular complexity index is 625. The Morgan fingerprint density at radius 1 is 1.33 bits per heavy atom. The Labute approximate surface area is 126 Å². The molecule has 3 rings (SSSR count). The molecule has 1 saturated carbocycles. The fourth-order valence-electron chi connectivity index (χ4n) is 3.18. The maximum absolute atomic E-state index is 12.0. The lowest BCUT2D eigenvalue weighted by Gasteiger charge is -2.14. The van der Waals surface area contributed by atoms with E-state index >= 15 is 0 Å². The maximum Gasteiger partial charge on any atom is 0.220 e. The molecule has 1 amide bonds. The van der Waals surface area contributed by atoms with Gasteiger partial charge in [0.25, 0.3) is 0 Å². The van der Waals surface area contributed by atoms with E-state index in [1.54, 1.807) is 0 Å². The van der Waals surface area contributed by atoms with E-state index in [9.17, 15) is 4.79 Å². The highest BCUT2D eigenvalue weighted by atomic mass is 16.1. The van der Waals surface area contributed by atoms with Crippen LogP contribution in [0, 0.1) is 5.41 Å². The molecule has 1 aromatic carbocycles. The van der Waals surface area contributed by atoms with Gasteiger partial charge in [-0.15, -0.1) is 0 Å². The molecule has 0 unspecified atom stereocenters. The number of hydrogen-bond acceptors (Lipinski definition) is 1. The number of nitrogens with one attached hydrogen (secondary N) is 2. The summed E-state index contributed by atoms with van der Waals surface area (Å²) < 4.78 is 0. The maximum atomic E-state index is 12.0. The predicted molar refractivity (Wildman–Crippen MR) is 86.2 cm³/mol. The van der Waals surface area contributed by atoms with Crippen molar-refractivity contribution in [2.75, 3.05) is 6.54 Å². The van der Waals surface area contributed by atoms with Crippen LogP contribution in [0.3, 0.4) is 0 Å². The molecule has 1 aliphatic rings. The van der Waals surface area contributed by atoms with Crippen LogP contribution in [0.1, 0.15) is 44.6 Å². The molecule has 1 aliphatic carbocycles. The SMILES string of the molecule is CCCC1(CNC(=O)CCc2c[nH]c3ccccc23)CC1. The van der Waals surface area contributed by atoms with Gasteiger partial charge in [0.1, 0.15) is 0 Å². The van der Waals surface area contributed by atoms with Crippen LogP contribution in [-0.2, 0) is 11.2 Å². The van der Waals surface area contributed by atoms with Crippen molar-refractivity contribution >= 4 is 16.8 Å². The first-order valence-electron chi connectivity index (χ1n) is 8.04. The van der Waals surface area contributed by atoms with E-state index in [2.05, 4.69) is 29.4 Å². The summed E-state index contributed by atoms with van der Waals surface area (Å²) in [5, 5.41) is 4.36. The van der Waals surface area contributed by atoms with E-state index in [1.807, 2.05) is 18.3 Å². The van der Waals surface area contributed by atoms with Crippen molar-refractivity contribution in [3.05, 3.63) is 36.0 Å². The topological polar surface area (TPSA) is 44.9 Å². The smallest absolute Gasteiger partial charge is 0.220 e. The molecule has 2 aromatic rings. The summed E-state index contributed by atoms with van der Waals surface area (Å²) in [5.41, 5.74) is 2.81. The van der Waals surface area contributed by atoms with E-state index in [0.29, 0.717) is 11.8 Å². The summed E-state index contributed by atoms with van der Waals surface area (Å²) in [6, 6.07) is 8.25. The summed E-state index contributed by atoms with van der Waals surface area (Å²) in [5.74, 6) is 0.183. The minimum absolute atomic E-state index is 0.183. The lowest BCUT2D eigenvalue weighted by molar-refractivity contribution is -0.121. The Hall–Kier alpha value is -1.77. The van der Waals surface area contributed by atoms with Gasteiger partial charge >= 0.3 is 0 Å². The predicted octanol–water partition coefficient (Wildman–Crippen LogP) is 3.80. The normalized spacial score (nSPS) is 16.0. The first kappa shape index (κ1) is 14.2. The number of aryl methyl sites for hydroxylation is 1. The zero-order valence-electron chi connectivity index (χ0n) is 12.7. The average molecular weight is 284 g/mol. The van der Waals surface area contributed by atoms with Crippen molar-refractivity contribution in [1.29, 1.82) is 0 Å². The van der Waals surface area contributed by atoms with E-state index in [0.717, 1.165) is 18.5 Å². The Balaban J connectivity index is 1.50. The molecule has 1 heterocycles. The monoisotopic (exact) mass is 284 g/mol. The molecule has 21 heavy (non-hydrogen) atoms. The van der Waals surface area contributed by atoms with E-state index in [-0.39, 0.29) is 5.91 Å². The van der Waals surface area contributed by atoms with Crippen LogP contribution >= 0.6 is 0 Å². The quantitative estimate of drug-likeness (QED) is 0.798. The van der Waals surface area contributed by atoms with Crippen molar-refractivity contribution < 1.29 is 4.79 Å². The summed E-state index contributed by atoms with van der Waals surface area (Å²) in [6.07, 6.45) is 8.42. The molecule has 0 saturated heterocycles. The minimum atomic E-state index is 0.183. The van der Waals surface area contributed by atoms with Crippen molar-refractivity contribution in [3.63, 3.8) is 0 Å². The number of H-pyrrole nitrogens is 1. The third-order valence-electron chi connectivity index (χ3n) is 4.69. The highest BCUT2D eigenvalue weighted by molar-refractivity contribution is 5.84. The number of aromatic nitrogens is 1. The zero-order valence-corrected chi connectivity index (χ0v) is 12.7. The minimum Gasteiger partial charge on any atom is -0.361 e.